The zero-order valence-electron chi connectivity index (χ0n) is 27.1. The number of esters is 1. The minimum absolute atomic E-state index is 0.171. The third-order valence-corrected chi connectivity index (χ3v) is 7.58. The molecule has 5 rings (SSSR count). The van der Waals surface area contributed by atoms with Crippen molar-refractivity contribution >= 4 is 29.0 Å². The number of allylic oxidation sites excluding steroid dienone is 1. The third-order valence-electron chi connectivity index (χ3n) is 7.58. The predicted octanol–water partition coefficient (Wildman–Crippen LogP) is 4.95. The first-order valence-corrected chi connectivity index (χ1v) is 15.3. The van der Waals surface area contributed by atoms with Gasteiger partial charge in [-0.05, 0) is 60.0 Å². The molecule has 0 bridgehead atoms. The highest BCUT2D eigenvalue weighted by molar-refractivity contribution is 5.95. The number of hydrogen-bond donors (Lipinski definition) is 4. The number of para-hydroxylation sites is 1. The number of fused-ring (bicyclic) bond motifs is 1. The second kappa shape index (κ2) is 15.7. The summed E-state index contributed by atoms with van der Waals surface area (Å²) in [7, 11) is 2.85. The average Bonchev–Trinajstić information content (AvgIpc) is 3.09. The van der Waals surface area contributed by atoms with E-state index in [-0.39, 0.29) is 12.2 Å². The van der Waals surface area contributed by atoms with Crippen molar-refractivity contribution in [3.63, 3.8) is 0 Å². The van der Waals surface area contributed by atoms with Crippen LogP contribution in [0.1, 0.15) is 36.6 Å². The highest BCUT2D eigenvalue weighted by Gasteiger charge is 2.32. The van der Waals surface area contributed by atoms with Gasteiger partial charge >= 0.3 is 12.0 Å². The van der Waals surface area contributed by atoms with Gasteiger partial charge in [0.25, 0.3) is 0 Å². The molecule has 12 heteroatoms. The number of rotatable bonds is 14. The van der Waals surface area contributed by atoms with Crippen LogP contribution < -0.4 is 35.0 Å². The summed E-state index contributed by atoms with van der Waals surface area (Å²) >= 11 is 0. The van der Waals surface area contributed by atoms with Crippen molar-refractivity contribution in [1.29, 1.82) is 0 Å². The van der Waals surface area contributed by atoms with E-state index >= 15 is 0 Å². The number of hydrogen-bond acceptors (Lipinski definition) is 10. The van der Waals surface area contributed by atoms with Gasteiger partial charge in [-0.2, -0.15) is 5.10 Å². The van der Waals surface area contributed by atoms with Crippen LogP contribution >= 0.6 is 0 Å². The summed E-state index contributed by atoms with van der Waals surface area (Å²) in [6, 6.07) is 23.5. The second-order valence-electron chi connectivity index (χ2n) is 10.7. The number of aliphatic hydroxyl groups excluding tert-OH is 1. The standard InChI is InChI=1S/C36H38N4O8/c1-5-46-30-18-24(33-32(35(42)45-4)22(2)38-36(43)39-33)16-17-28(30)47-21-31(41)40-37-19-25-12-9-15-29(44-3)34(25)48-20-26-13-8-11-23-10-6-7-14-27(23)26/h6-19,31,33,40-41H,5,20-21H2,1-4H3,(H2,38,39,43)/b37-19+/t31-,33-/m0/s1. The monoisotopic (exact) mass is 654 g/mol. The summed E-state index contributed by atoms with van der Waals surface area (Å²) < 4.78 is 28.4. The van der Waals surface area contributed by atoms with Crippen LogP contribution in [-0.2, 0) is 16.1 Å². The highest BCUT2D eigenvalue weighted by atomic mass is 16.5. The normalized spacial score (nSPS) is 15.0. The van der Waals surface area contributed by atoms with Crippen molar-refractivity contribution in [2.24, 2.45) is 5.10 Å². The van der Waals surface area contributed by atoms with Gasteiger partial charge in [-0.15, -0.1) is 0 Å². The SMILES string of the molecule is CCOc1cc([C@@H]2NC(=O)NC(C)=C2C(=O)OC)ccc1OC[C@H](O)N/N=C/c1cccc(OC)c1OCc1cccc2ccccc12. The molecule has 0 radical (unpaired) electrons. The Kier molecular flexibility index (Phi) is 11.0. The molecule has 1 aliphatic heterocycles. The first kappa shape index (κ1) is 33.6. The second-order valence-corrected chi connectivity index (χ2v) is 10.7. The minimum Gasteiger partial charge on any atom is -0.493 e. The van der Waals surface area contributed by atoms with Crippen molar-refractivity contribution in [3.05, 3.63) is 107 Å². The van der Waals surface area contributed by atoms with E-state index in [1.807, 2.05) is 43.3 Å². The zero-order valence-corrected chi connectivity index (χ0v) is 27.1. The molecule has 0 saturated heterocycles. The van der Waals surface area contributed by atoms with Crippen molar-refractivity contribution in [1.82, 2.24) is 16.1 Å². The fraction of sp³-hybridized carbons (Fsp3) is 0.250. The smallest absolute Gasteiger partial charge is 0.337 e. The molecule has 0 aliphatic carbocycles. The molecule has 1 aliphatic rings. The summed E-state index contributed by atoms with van der Waals surface area (Å²) in [6.45, 7) is 3.92. The van der Waals surface area contributed by atoms with Gasteiger partial charge in [0.05, 0.1) is 38.7 Å². The molecular formula is C36H38N4O8. The fourth-order valence-electron chi connectivity index (χ4n) is 5.33. The lowest BCUT2D eigenvalue weighted by atomic mass is 9.95. The summed E-state index contributed by atoms with van der Waals surface area (Å²) in [5, 5.41) is 22.4. The largest absolute Gasteiger partial charge is 0.493 e. The lowest BCUT2D eigenvalue weighted by molar-refractivity contribution is -0.136. The van der Waals surface area contributed by atoms with Crippen LogP contribution in [0.3, 0.4) is 0 Å². The van der Waals surface area contributed by atoms with Crippen LogP contribution in [0.15, 0.2) is 95.2 Å². The average molecular weight is 655 g/mol. The summed E-state index contributed by atoms with van der Waals surface area (Å²) in [6.07, 6.45) is 0.355. The van der Waals surface area contributed by atoms with E-state index in [0.29, 0.717) is 53.0 Å². The molecule has 0 aromatic heterocycles. The number of amides is 2. The van der Waals surface area contributed by atoms with E-state index in [1.165, 1.54) is 13.3 Å². The number of nitrogens with one attached hydrogen (secondary N) is 3. The topological polar surface area (TPSA) is 149 Å². The lowest BCUT2D eigenvalue weighted by Gasteiger charge is -2.28. The van der Waals surface area contributed by atoms with Crippen molar-refractivity contribution in [3.8, 4) is 23.0 Å². The number of urea groups is 1. The van der Waals surface area contributed by atoms with Gasteiger partial charge in [-0.1, -0.05) is 54.6 Å². The van der Waals surface area contributed by atoms with Crippen molar-refractivity contribution < 1.29 is 38.4 Å². The van der Waals surface area contributed by atoms with E-state index in [0.717, 1.165) is 16.3 Å². The number of hydrazone groups is 1. The number of aliphatic hydroxyl groups is 1. The van der Waals surface area contributed by atoms with E-state index in [9.17, 15) is 14.7 Å². The Morgan fingerprint density at radius 2 is 1.77 bits per heavy atom. The third kappa shape index (κ3) is 7.78. The number of nitrogens with zero attached hydrogens (tertiary/aromatic N) is 1. The Hall–Kier alpha value is -5.75. The molecule has 0 spiro atoms. The number of ether oxygens (including phenoxy) is 5. The van der Waals surface area contributed by atoms with Crippen molar-refractivity contribution in [2.75, 3.05) is 27.4 Å². The van der Waals surface area contributed by atoms with E-state index in [2.05, 4.69) is 39.4 Å². The zero-order chi connectivity index (χ0) is 34.0. The van der Waals surface area contributed by atoms with Gasteiger partial charge in [0.1, 0.15) is 13.2 Å². The Morgan fingerprint density at radius 3 is 2.56 bits per heavy atom. The Bertz CT molecular complexity index is 1840. The molecule has 12 nitrogen and oxygen atoms in total. The molecule has 4 aromatic carbocycles. The highest BCUT2D eigenvalue weighted by Crippen LogP contribution is 2.35. The molecule has 4 aromatic rings. The van der Waals surface area contributed by atoms with Crippen LogP contribution in [0.5, 0.6) is 23.0 Å². The fourth-order valence-corrected chi connectivity index (χ4v) is 5.33. The lowest BCUT2D eigenvalue weighted by Crippen LogP contribution is -2.45. The van der Waals surface area contributed by atoms with E-state index < -0.39 is 24.3 Å². The predicted molar refractivity (Wildman–Crippen MR) is 180 cm³/mol. The first-order chi connectivity index (χ1) is 23.3. The quantitative estimate of drug-likeness (QED) is 0.0642. The van der Waals surface area contributed by atoms with Gasteiger partial charge < -0.3 is 39.4 Å². The van der Waals surface area contributed by atoms with Crippen LogP contribution in [0.2, 0.25) is 0 Å². The van der Waals surface area contributed by atoms with Crippen molar-refractivity contribution in [2.45, 2.75) is 32.7 Å². The Labute approximate surface area is 278 Å². The maximum atomic E-state index is 12.5. The Morgan fingerprint density at radius 1 is 0.979 bits per heavy atom. The molecular weight excluding hydrogens is 616 g/mol. The molecule has 250 valence electrons. The van der Waals surface area contributed by atoms with E-state index in [1.54, 1.807) is 38.3 Å². The number of carbonyl (C=O) groups excluding carboxylic acids is 2. The van der Waals surface area contributed by atoms with Crippen LogP contribution in [0.25, 0.3) is 10.8 Å². The number of carbonyl (C=O) groups is 2. The maximum Gasteiger partial charge on any atom is 0.337 e. The number of methoxy groups -OCH3 is 2. The summed E-state index contributed by atoms with van der Waals surface area (Å²) in [5.74, 6) is 1.20. The van der Waals surface area contributed by atoms with Gasteiger partial charge in [-0.25, -0.2) is 9.59 Å². The van der Waals surface area contributed by atoms with Gasteiger partial charge in [0.2, 0.25) is 0 Å². The van der Waals surface area contributed by atoms with E-state index in [4.69, 9.17) is 23.7 Å². The maximum absolute atomic E-state index is 12.5. The first-order valence-electron chi connectivity index (χ1n) is 15.3. The summed E-state index contributed by atoms with van der Waals surface area (Å²) in [4.78, 5) is 24.7. The van der Waals surface area contributed by atoms with Crippen LogP contribution in [0, 0.1) is 0 Å². The molecule has 48 heavy (non-hydrogen) atoms. The van der Waals surface area contributed by atoms with Crippen LogP contribution in [0.4, 0.5) is 4.79 Å². The molecule has 0 saturated carbocycles. The number of benzene rings is 4. The van der Waals surface area contributed by atoms with Gasteiger partial charge in [0, 0.05) is 11.3 Å². The molecule has 1 heterocycles. The molecule has 2 atom stereocenters. The molecule has 0 unspecified atom stereocenters. The molecule has 4 N–H and O–H groups in total. The van der Waals surface area contributed by atoms with Crippen LogP contribution in [-0.4, -0.2) is 57.0 Å². The Balaban J connectivity index is 1.25. The molecule has 2 amide bonds. The van der Waals surface area contributed by atoms with Gasteiger partial charge in [0.15, 0.2) is 29.2 Å². The summed E-state index contributed by atoms with van der Waals surface area (Å²) in [5.41, 5.74) is 5.58. The van der Waals surface area contributed by atoms with Gasteiger partial charge in [-0.3, -0.25) is 5.43 Å². The minimum atomic E-state index is -1.18. The molecule has 0 fully saturated rings.